The number of anilines is 1. The molecule has 160 valence electrons. The van der Waals surface area contributed by atoms with Crippen LogP contribution in [0.1, 0.15) is 28.8 Å². The van der Waals surface area contributed by atoms with Crippen LogP contribution < -0.4 is 10.0 Å². The van der Waals surface area contributed by atoms with Gasteiger partial charge in [-0.25, -0.2) is 13.2 Å². The second-order valence-corrected chi connectivity index (χ2v) is 8.99. The number of carbonyl (C=O) groups is 2. The summed E-state index contributed by atoms with van der Waals surface area (Å²) in [6.07, 6.45) is 3.27. The number of carbonyl (C=O) groups excluding carboxylic acids is 2. The largest absolute Gasteiger partial charge is 0.465 e. The highest BCUT2D eigenvalue weighted by Gasteiger charge is 2.29. The summed E-state index contributed by atoms with van der Waals surface area (Å²) in [5.74, 6) is -0.615. The molecule has 0 unspecified atom stereocenters. The van der Waals surface area contributed by atoms with Crippen molar-refractivity contribution >= 4 is 38.5 Å². The van der Waals surface area contributed by atoms with E-state index in [0.717, 1.165) is 12.8 Å². The van der Waals surface area contributed by atoms with Crippen molar-refractivity contribution in [1.82, 2.24) is 10.3 Å². The predicted molar refractivity (Wildman–Crippen MR) is 115 cm³/mol. The second-order valence-electron chi connectivity index (χ2n) is 7.34. The Balaban J connectivity index is 1.66. The minimum atomic E-state index is -3.99. The molecule has 0 bridgehead atoms. The fourth-order valence-electron chi connectivity index (χ4n) is 3.27. The highest BCUT2D eigenvalue weighted by molar-refractivity contribution is 7.93. The third kappa shape index (κ3) is 4.66. The number of para-hydroxylation sites is 1. The van der Waals surface area contributed by atoms with Crippen LogP contribution in [0, 0.1) is 5.92 Å². The first-order chi connectivity index (χ1) is 14.9. The lowest BCUT2D eigenvalue weighted by Crippen LogP contribution is -2.24. The standard InChI is InChI=1S/C22H21N3O5S/c1-30-22(27)17-10-14(13-24-21(26)16-7-8-16)11-18(12-17)25-31(28,29)19-6-2-4-15-5-3-9-23-20(15)19/h2-6,9-12,16,25H,7-8,13H2,1H3,(H,24,26). The van der Waals surface area contributed by atoms with Crippen molar-refractivity contribution in [3.63, 3.8) is 0 Å². The topological polar surface area (TPSA) is 114 Å². The van der Waals surface area contributed by atoms with Gasteiger partial charge in [-0.3, -0.25) is 14.5 Å². The van der Waals surface area contributed by atoms with Gasteiger partial charge in [0.05, 0.1) is 23.9 Å². The van der Waals surface area contributed by atoms with Crippen LogP contribution in [-0.4, -0.2) is 32.4 Å². The fraction of sp³-hybridized carbons (Fsp3) is 0.227. The van der Waals surface area contributed by atoms with Crippen molar-refractivity contribution in [2.75, 3.05) is 11.8 Å². The minimum absolute atomic E-state index is 0.0256. The molecule has 3 aromatic rings. The third-order valence-corrected chi connectivity index (χ3v) is 6.38. The number of methoxy groups -OCH3 is 1. The Hall–Kier alpha value is -3.46. The average Bonchev–Trinajstić information content (AvgIpc) is 3.61. The minimum Gasteiger partial charge on any atom is -0.465 e. The van der Waals surface area contributed by atoms with Gasteiger partial charge in [-0.1, -0.05) is 18.2 Å². The molecule has 2 aromatic carbocycles. The van der Waals surface area contributed by atoms with Gasteiger partial charge in [0.1, 0.15) is 4.90 Å². The zero-order valence-electron chi connectivity index (χ0n) is 16.8. The van der Waals surface area contributed by atoms with Gasteiger partial charge in [-0.15, -0.1) is 0 Å². The van der Waals surface area contributed by atoms with Crippen LogP contribution in [0.2, 0.25) is 0 Å². The van der Waals surface area contributed by atoms with E-state index in [-0.39, 0.29) is 34.5 Å². The number of nitrogens with one attached hydrogen (secondary N) is 2. The molecule has 1 heterocycles. The molecule has 2 N–H and O–H groups in total. The Morgan fingerprint density at radius 3 is 2.65 bits per heavy atom. The molecule has 1 fully saturated rings. The molecule has 9 heteroatoms. The molecule has 4 rings (SSSR count). The summed E-state index contributed by atoms with van der Waals surface area (Å²) in [6.45, 7) is 0.171. The molecule has 0 atom stereocenters. The van der Waals surface area contributed by atoms with E-state index < -0.39 is 16.0 Å². The van der Waals surface area contributed by atoms with Crippen molar-refractivity contribution < 1.29 is 22.7 Å². The maximum absolute atomic E-state index is 13.1. The van der Waals surface area contributed by atoms with Crippen LogP contribution in [0.15, 0.2) is 59.6 Å². The van der Waals surface area contributed by atoms with Gasteiger partial charge in [0.25, 0.3) is 10.0 Å². The first kappa shape index (κ1) is 20.8. The van der Waals surface area contributed by atoms with Crippen molar-refractivity contribution in [2.45, 2.75) is 24.3 Å². The number of rotatable bonds is 7. The van der Waals surface area contributed by atoms with Crippen molar-refractivity contribution in [1.29, 1.82) is 0 Å². The molecule has 8 nitrogen and oxygen atoms in total. The molecule has 0 radical (unpaired) electrons. The molecule has 31 heavy (non-hydrogen) atoms. The molecule has 1 aliphatic carbocycles. The maximum atomic E-state index is 13.1. The Bertz CT molecular complexity index is 1260. The van der Waals surface area contributed by atoms with Crippen LogP contribution in [0.4, 0.5) is 5.69 Å². The summed E-state index contributed by atoms with van der Waals surface area (Å²) in [6, 6.07) is 12.9. The number of hydrogen-bond donors (Lipinski definition) is 2. The van der Waals surface area contributed by atoms with E-state index in [9.17, 15) is 18.0 Å². The van der Waals surface area contributed by atoms with Gasteiger partial charge in [0, 0.05) is 24.0 Å². The molecule has 1 saturated carbocycles. The zero-order chi connectivity index (χ0) is 22.0. The van der Waals surface area contributed by atoms with Crippen LogP contribution in [-0.2, 0) is 26.1 Å². The molecule has 0 saturated heterocycles. The summed E-state index contributed by atoms with van der Waals surface area (Å²) in [7, 11) is -2.75. The maximum Gasteiger partial charge on any atom is 0.337 e. The van der Waals surface area contributed by atoms with Crippen LogP contribution >= 0.6 is 0 Å². The summed E-state index contributed by atoms with van der Waals surface area (Å²) >= 11 is 0. The fourth-order valence-corrected chi connectivity index (χ4v) is 4.49. The molecule has 0 spiro atoms. The number of ether oxygens (including phenoxy) is 1. The average molecular weight is 439 g/mol. The van der Waals surface area contributed by atoms with E-state index in [1.807, 2.05) is 0 Å². The lowest BCUT2D eigenvalue weighted by molar-refractivity contribution is -0.122. The lowest BCUT2D eigenvalue weighted by atomic mass is 10.1. The molecular weight excluding hydrogens is 418 g/mol. The SMILES string of the molecule is COC(=O)c1cc(CNC(=O)C2CC2)cc(NS(=O)(=O)c2cccc3cccnc23)c1. The third-order valence-electron chi connectivity index (χ3n) is 4.97. The van der Waals surface area contributed by atoms with E-state index in [4.69, 9.17) is 4.74 Å². The normalized spacial score (nSPS) is 13.6. The van der Waals surface area contributed by atoms with Crippen LogP contribution in [0.25, 0.3) is 10.9 Å². The molecular formula is C22H21N3O5S. The number of amides is 1. The number of esters is 1. The molecule has 0 aliphatic heterocycles. The number of fused-ring (bicyclic) bond motifs is 1. The van der Waals surface area contributed by atoms with Gasteiger partial charge in [0.2, 0.25) is 5.91 Å². The van der Waals surface area contributed by atoms with Gasteiger partial charge >= 0.3 is 5.97 Å². The lowest BCUT2D eigenvalue weighted by Gasteiger charge is -2.13. The Morgan fingerprint density at radius 2 is 1.90 bits per heavy atom. The van der Waals surface area contributed by atoms with E-state index in [2.05, 4.69) is 15.0 Å². The number of hydrogen-bond acceptors (Lipinski definition) is 6. The number of aromatic nitrogens is 1. The van der Waals surface area contributed by atoms with E-state index in [1.165, 1.54) is 25.4 Å². The first-order valence-corrected chi connectivity index (χ1v) is 11.2. The highest BCUT2D eigenvalue weighted by atomic mass is 32.2. The Labute approximate surface area is 179 Å². The number of sulfonamides is 1. The van der Waals surface area contributed by atoms with Crippen LogP contribution in [0.5, 0.6) is 0 Å². The van der Waals surface area contributed by atoms with E-state index >= 15 is 0 Å². The first-order valence-electron chi connectivity index (χ1n) is 9.74. The summed E-state index contributed by atoms with van der Waals surface area (Å²) in [5, 5.41) is 3.50. The molecule has 1 amide bonds. The van der Waals surface area contributed by atoms with Gasteiger partial charge in [-0.05, 0) is 48.7 Å². The van der Waals surface area contributed by atoms with Crippen molar-refractivity contribution in [3.8, 4) is 0 Å². The second kappa shape index (κ2) is 8.35. The predicted octanol–water partition coefficient (Wildman–Crippen LogP) is 2.85. The number of pyridine rings is 1. The Morgan fingerprint density at radius 1 is 1.13 bits per heavy atom. The summed E-state index contributed by atoms with van der Waals surface area (Å²) < 4.78 is 33.5. The van der Waals surface area contributed by atoms with Gasteiger partial charge < -0.3 is 10.1 Å². The van der Waals surface area contributed by atoms with Crippen molar-refractivity contribution in [3.05, 3.63) is 65.9 Å². The van der Waals surface area contributed by atoms with E-state index in [1.54, 1.807) is 36.4 Å². The van der Waals surface area contributed by atoms with Crippen molar-refractivity contribution in [2.24, 2.45) is 5.92 Å². The molecule has 1 aromatic heterocycles. The van der Waals surface area contributed by atoms with Crippen LogP contribution in [0.3, 0.4) is 0 Å². The van der Waals surface area contributed by atoms with E-state index in [0.29, 0.717) is 16.5 Å². The zero-order valence-corrected chi connectivity index (χ0v) is 17.6. The monoisotopic (exact) mass is 439 g/mol. The smallest absolute Gasteiger partial charge is 0.337 e. The summed E-state index contributed by atoms with van der Waals surface area (Å²) in [5.41, 5.74) is 1.28. The quantitative estimate of drug-likeness (QED) is 0.547. The highest BCUT2D eigenvalue weighted by Crippen LogP contribution is 2.29. The molecule has 1 aliphatic rings. The number of benzene rings is 2. The summed E-state index contributed by atoms with van der Waals surface area (Å²) in [4.78, 5) is 28.3. The Kier molecular flexibility index (Phi) is 5.60. The number of nitrogens with zero attached hydrogens (tertiary/aromatic N) is 1. The van der Waals surface area contributed by atoms with Gasteiger partial charge in [0.15, 0.2) is 0 Å². The van der Waals surface area contributed by atoms with Gasteiger partial charge in [-0.2, -0.15) is 0 Å².